The second-order valence-electron chi connectivity index (χ2n) is 7.17. The van der Waals surface area contributed by atoms with Crippen LogP contribution in [0.5, 0.6) is 5.75 Å². The molecule has 2 aliphatic rings. The van der Waals surface area contributed by atoms with Gasteiger partial charge in [-0.1, -0.05) is 18.2 Å². The molecule has 1 N–H and O–H groups in total. The Balaban J connectivity index is 1.26. The molecule has 0 aliphatic carbocycles. The van der Waals surface area contributed by atoms with E-state index in [2.05, 4.69) is 20.1 Å². The van der Waals surface area contributed by atoms with Crippen molar-refractivity contribution in [1.29, 1.82) is 0 Å². The Morgan fingerprint density at radius 1 is 1.18 bits per heavy atom. The second kappa shape index (κ2) is 11.9. The minimum atomic E-state index is 0.290. The first kappa shape index (κ1) is 20.9. The molecule has 2 heterocycles. The second-order valence-corrected chi connectivity index (χ2v) is 7.17. The van der Waals surface area contributed by atoms with Crippen LogP contribution in [-0.4, -0.2) is 94.6 Å². The first-order valence-corrected chi connectivity index (χ1v) is 10.4. The standard InChI is InChI=1S/C21H34N4O3/c1-22-21(23-9-16-26-18-20-8-5-15-27-20)25-12-10-24(11-13-25)14-17-28-19-6-3-2-4-7-19/h2-4,6-7,20H,5,8-18H2,1H3,(H,22,23). The van der Waals surface area contributed by atoms with E-state index in [0.717, 1.165) is 77.0 Å². The van der Waals surface area contributed by atoms with E-state index >= 15 is 0 Å². The Bertz CT molecular complexity index is 570. The fraction of sp³-hybridized carbons (Fsp3) is 0.667. The molecule has 1 aromatic rings. The predicted molar refractivity (Wildman–Crippen MR) is 111 cm³/mol. The van der Waals surface area contributed by atoms with E-state index in [-0.39, 0.29) is 0 Å². The quantitative estimate of drug-likeness (QED) is 0.391. The SMILES string of the molecule is CN=C(NCCOCC1CCCO1)N1CCN(CCOc2ccccc2)CC1. The summed E-state index contributed by atoms with van der Waals surface area (Å²) in [4.78, 5) is 9.18. The molecule has 0 radical (unpaired) electrons. The Hall–Kier alpha value is -1.83. The van der Waals surface area contributed by atoms with E-state index in [4.69, 9.17) is 14.2 Å². The third-order valence-electron chi connectivity index (χ3n) is 5.16. The number of piperazine rings is 1. The molecule has 7 nitrogen and oxygen atoms in total. The zero-order valence-corrected chi connectivity index (χ0v) is 17.0. The van der Waals surface area contributed by atoms with Crippen molar-refractivity contribution in [2.45, 2.75) is 18.9 Å². The number of benzene rings is 1. The molecule has 2 aliphatic heterocycles. The largest absolute Gasteiger partial charge is 0.492 e. The maximum Gasteiger partial charge on any atom is 0.193 e. The van der Waals surface area contributed by atoms with Crippen LogP contribution in [0.1, 0.15) is 12.8 Å². The van der Waals surface area contributed by atoms with Gasteiger partial charge in [0.05, 0.1) is 19.3 Å². The molecule has 0 saturated carbocycles. The van der Waals surface area contributed by atoms with Crippen molar-refractivity contribution in [2.24, 2.45) is 4.99 Å². The van der Waals surface area contributed by atoms with Gasteiger partial charge in [0, 0.05) is 52.9 Å². The van der Waals surface area contributed by atoms with Gasteiger partial charge in [0.2, 0.25) is 0 Å². The van der Waals surface area contributed by atoms with Crippen LogP contribution in [0.3, 0.4) is 0 Å². The molecule has 3 rings (SSSR count). The topological polar surface area (TPSA) is 58.6 Å². The maximum absolute atomic E-state index is 5.80. The lowest BCUT2D eigenvalue weighted by Crippen LogP contribution is -2.53. The van der Waals surface area contributed by atoms with Gasteiger partial charge in [-0.25, -0.2) is 0 Å². The molecule has 1 unspecified atom stereocenters. The van der Waals surface area contributed by atoms with Gasteiger partial charge in [0.1, 0.15) is 12.4 Å². The number of nitrogens with one attached hydrogen (secondary N) is 1. The summed E-state index contributed by atoms with van der Waals surface area (Å²) >= 11 is 0. The molecule has 156 valence electrons. The van der Waals surface area contributed by atoms with Gasteiger partial charge >= 0.3 is 0 Å². The molecular weight excluding hydrogens is 356 g/mol. The van der Waals surface area contributed by atoms with E-state index in [1.165, 1.54) is 0 Å². The van der Waals surface area contributed by atoms with E-state index in [1.54, 1.807) is 0 Å². The lowest BCUT2D eigenvalue weighted by Gasteiger charge is -2.36. The summed E-state index contributed by atoms with van der Waals surface area (Å²) in [5.74, 6) is 1.90. The van der Waals surface area contributed by atoms with Crippen LogP contribution in [0.2, 0.25) is 0 Å². The highest BCUT2D eigenvalue weighted by molar-refractivity contribution is 5.79. The van der Waals surface area contributed by atoms with Crippen molar-refractivity contribution in [3.8, 4) is 5.75 Å². The molecule has 0 bridgehead atoms. The number of hydrogen-bond acceptors (Lipinski definition) is 5. The highest BCUT2D eigenvalue weighted by atomic mass is 16.5. The molecule has 2 fully saturated rings. The number of guanidine groups is 1. The van der Waals surface area contributed by atoms with Crippen molar-refractivity contribution < 1.29 is 14.2 Å². The molecule has 28 heavy (non-hydrogen) atoms. The molecule has 0 amide bonds. The van der Waals surface area contributed by atoms with Gasteiger partial charge in [-0.3, -0.25) is 9.89 Å². The zero-order chi connectivity index (χ0) is 19.4. The molecule has 2 saturated heterocycles. The monoisotopic (exact) mass is 390 g/mol. The Morgan fingerprint density at radius 3 is 2.71 bits per heavy atom. The van der Waals surface area contributed by atoms with E-state index < -0.39 is 0 Å². The van der Waals surface area contributed by atoms with Crippen LogP contribution < -0.4 is 10.1 Å². The highest BCUT2D eigenvalue weighted by Crippen LogP contribution is 2.11. The van der Waals surface area contributed by atoms with Crippen LogP contribution in [0.25, 0.3) is 0 Å². The average molecular weight is 391 g/mol. The number of aliphatic imine (C=N–C) groups is 1. The number of hydrogen-bond donors (Lipinski definition) is 1. The first-order valence-electron chi connectivity index (χ1n) is 10.4. The zero-order valence-electron chi connectivity index (χ0n) is 17.0. The van der Waals surface area contributed by atoms with E-state index in [1.807, 2.05) is 37.4 Å². The first-order chi connectivity index (χ1) is 13.8. The van der Waals surface area contributed by atoms with Gasteiger partial charge in [-0.05, 0) is 25.0 Å². The molecule has 1 atom stereocenters. The summed E-state index contributed by atoms with van der Waals surface area (Å²) in [5, 5.41) is 3.41. The fourth-order valence-corrected chi connectivity index (χ4v) is 3.55. The highest BCUT2D eigenvalue weighted by Gasteiger charge is 2.19. The number of para-hydroxylation sites is 1. The number of rotatable bonds is 9. The maximum atomic E-state index is 5.80. The van der Waals surface area contributed by atoms with Crippen LogP contribution in [0.4, 0.5) is 0 Å². The summed E-state index contributed by atoms with van der Waals surface area (Å²) < 4.78 is 17.1. The normalized spacial score (nSPS) is 21.1. The molecular formula is C21H34N4O3. The van der Waals surface area contributed by atoms with Gasteiger partial charge in [0.25, 0.3) is 0 Å². The fourth-order valence-electron chi connectivity index (χ4n) is 3.55. The molecule has 7 heteroatoms. The van der Waals surface area contributed by atoms with Crippen molar-refractivity contribution in [1.82, 2.24) is 15.1 Å². The molecule has 0 aromatic heterocycles. The van der Waals surface area contributed by atoms with Crippen LogP contribution in [-0.2, 0) is 9.47 Å². The Kier molecular flexibility index (Phi) is 8.87. The van der Waals surface area contributed by atoms with Crippen molar-refractivity contribution in [3.05, 3.63) is 30.3 Å². The lowest BCUT2D eigenvalue weighted by atomic mass is 10.2. The van der Waals surface area contributed by atoms with Crippen LogP contribution in [0, 0.1) is 0 Å². The van der Waals surface area contributed by atoms with E-state index in [9.17, 15) is 0 Å². The van der Waals surface area contributed by atoms with Crippen LogP contribution in [0.15, 0.2) is 35.3 Å². The van der Waals surface area contributed by atoms with Gasteiger partial charge in [-0.2, -0.15) is 0 Å². The van der Waals surface area contributed by atoms with Crippen molar-refractivity contribution in [2.75, 3.05) is 72.7 Å². The summed E-state index contributed by atoms with van der Waals surface area (Å²) in [6.45, 7) is 8.69. The Labute approximate surface area is 168 Å². The lowest BCUT2D eigenvalue weighted by molar-refractivity contribution is 0.0189. The summed E-state index contributed by atoms with van der Waals surface area (Å²) in [7, 11) is 1.84. The minimum absolute atomic E-state index is 0.290. The number of ether oxygens (including phenoxy) is 3. The van der Waals surface area contributed by atoms with Crippen molar-refractivity contribution in [3.63, 3.8) is 0 Å². The Morgan fingerprint density at radius 2 is 2.00 bits per heavy atom. The van der Waals surface area contributed by atoms with Gasteiger partial charge in [0.15, 0.2) is 5.96 Å². The summed E-state index contributed by atoms with van der Waals surface area (Å²) in [5.41, 5.74) is 0. The van der Waals surface area contributed by atoms with E-state index in [0.29, 0.717) is 19.3 Å². The summed E-state index contributed by atoms with van der Waals surface area (Å²) in [6, 6.07) is 10.00. The molecule has 0 spiro atoms. The van der Waals surface area contributed by atoms with Crippen molar-refractivity contribution >= 4 is 5.96 Å². The minimum Gasteiger partial charge on any atom is -0.492 e. The van der Waals surface area contributed by atoms with Gasteiger partial charge < -0.3 is 24.4 Å². The number of nitrogens with zero attached hydrogens (tertiary/aromatic N) is 3. The smallest absolute Gasteiger partial charge is 0.193 e. The molecule has 1 aromatic carbocycles. The average Bonchev–Trinajstić information content (AvgIpc) is 3.26. The third kappa shape index (κ3) is 6.96. The predicted octanol–water partition coefficient (Wildman–Crippen LogP) is 1.45. The summed E-state index contributed by atoms with van der Waals surface area (Å²) in [6.07, 6.45) is 2.57. The third-order valence-corrected chi connectivity index (χ3v) is 5.16. The van der Waals surface area contributed by atoms with Gasteiger partial charge in [-0.15, -0.1) is 0 Å². The van der Waals surface area contributed by atoms with Crippen LogP contribution >= 0.6 is 0 Å².